The minimum Gasteiger partial charge on any atom is -0.468 e. The monoisotopic (exact) mass is 292 g/mol. The van der Waals surface area contributed by atoms with Crippen LogP contribution in [0.1, 0.15) is 33.3 Å². The number of ether oxygens (including phenoxy) is 1. The summed E-state index contributed by atoms with van der Waals surface area (Å²) in [6.07, 6.45) is 0. The predicted octanol–water partition coefficient (Wildman–Crippen LogP) is 2.75. The zero-order valence-corrected chi connectivity index (χ0v) is 14.1. The zero-order chi connectivity index (χ0) is 16.0. The number of aryl methyl sites for hydroxylation is 1. The van der Waals surface area contributed by atoms with Crippen molar-refractivity contribution in [1.82, 2.24) is 5.32 Å². The second kappa shape index (κ2) is 7.46. The Bertz CT molecular complexity index is 474. The fourth-order valence-corrected chi connectivity index (χ4v) is 2.62. The smallest absolute Gasteiger partial charge is 0.327 e. The molecule has 0 aliphatic heterocycles. The first-order valence-electron chi connectivity index (χ1n) is 7.50. The number of rotatable bonds is 7. The van der Waals surface area contributed by atoms with Crippen LogP contribution in [0.3, 0.4) is 0 Å². The quantitative estimate of drug-likeness (QED) is 0.785. The van der Waals surface area contributed by atoms with E-state index >= 15 is 0 Å². The Balaban J connectivity index is 3.01. The van der Waals surface area contributed by atoms with Gasteiger partial charge in [0.05, 0.1) is 7.11 Å². The van der Waals surface area contributed by atoms with Gasteiger partial charge in [-0.2, -0.15) is 0 Å². The lowest BCUT2D eigenvalue weighted by Gasteiger charge is -2.36. The molecule has 0 amide bonds. The van der Waals surface area contributed by atoms with E-state index in [4.69, 9.17) is 4.74 Å². The van der Waals surface area contributed by atoms with E-state index in [2.05, 4.69) is 42.3 Å². The van der Waals surface area contributed by atoms with Crippen molar-refractivity contribution in [1.29, 1.82) is 0 Å². The van der Waals surface area contributed by atoms with Crippen molar-refractivity contribution >= 4 is 11.7 Å². The maximum absolute atomic E-state index is 12.2. The highest BCUT2D eigenvalue weighted by atomic mass is 16.5. The highest BCUT2D eigenvalue weighted by Crippen LogP contribution is 2.20. The van der Waals surface area contributed by atoms with Crippen molar-refractivity contribution in [2.24, 2.45) is 0 Å². The van der Waals surface area contributed by atoms with Crippen molar-refractivity contribution in [2.45, 2.75) is 46.2 Å². The summed E-state index contributed by atoms with van der Waals surface area (Å²) in [5, 5.41) is 3.34. The van der Waals surface area contributed by atoms with E-state index in [0.717, 1.165) is 12.2 Å². The third-order valence-electron chi connectivity index (χ3n) is 3.50. The van der Waals surface area contributed by atoms with Gasteiger partial charge in [-0.15, -0.1) is 0 Å². The number of hydrogen-bond donors (Lipinski definition) is 1. The Hall–Kier alpha value is -1.55. The number of likely N-dealkylation sites (N-methyl/N-ethyl adjacent to an activating group) is 1. The molecule has 0 spiro atoms. The first kappa shape index (κ1) is 17.5. The van der Waals surface area contributed by atoms with Gasteiger partial charge in [-0.05, 0) is 52.3 Å². The van der Waals surface area contributed by atoms with Gasteiger partial charge in [0.15, 0.2) is 0 Å². The molecule has 1 atom stereocenters. The van der Waals surface area contributed by atoms with Crippen LogP contribution in [0.5, 0.6) is 0 Å². The molecule has 0 heterocycles. The predicted molar refractivity (Wildman–Crippen MR) is 87.8 cm³/mol. The van der Waals surface area contributed by atoms with Gasteiger partial charge < -0.3 is 9.64 Å². The molecular weight excluding hydrogens is 264 g/mol. The van der Waals surface area contributed by atoms with Crippen LogP contribution in [0.2, 0.25) is 0 Å². The first-order chi connectivity index (χ1) is 9.82. The number of benzene rings is 1. The molecule has 0 aliphatic rings. The molecule has 118 valence electrons. The number of anilines is 1. The van der Waals surface area contributed by atoms with Crippen molar-refractivity contribution in [3.05, 3.63) is 29.8 Å². The van der Waals surface area contributed by atoms with E-state index in [1.807, 2.05) is 26.8 Å². The van der Waals surface area contributed by atoms with Crippen LogP contribution in [0, 0.1) is 6.92 Å². The summed E-state index contributed by atoms with van der Waals surface area (Å²) in [4.78, 5) is 14.4. The van der Waals surface area contributed by atoms with Gasteiger partial charge in [0, 0.05) is 24.8 Å². The largest absolute Gasteiger partial charge is 0.468 e. The summed E-state index contributed by atoms with van der Waals surface area (Å²) in [7, 11) is 1.44. The Morgan fingerprint density at radius 2 is 2.10 bits per heavy atom. The molecule has 0 saturated carbocycles. The topological polar surface area (TPSA) is 41.6 Å². The van der Waals surface area contributed by atoms with Crippen LogP contribution in [0.4, 0.5) is 5.69 Å². The van der Waals surface area contributed by atoms with E-state index in [1.165, 1.54) is 12.7 Å². The van der Waals surface area contributed by atoms with Crippen LogP contribution >= 0.6 is 0 Å². The molecule has 1 unspecified atom stereocenters. The molecule has 0 fully saturated rings. The lowest BCUT2D eigenvalue weighted by molar-refractivity contribution is -0.147. The molecule has 0 saturated heterocycles. The normalized spacial score (nSPS) is 13.9. The van der Waals surface area contributed by atoms with Gasteiger partial charge in [-0.3, -0.25) is 5.32 Å². The number of nitrogens with one attached hydrogen (secondary N) is 1. The van der Waals surface area contributed by atoms with Crippen LogP contribution in [-0.2, 0) is 9.53 Å². The molecule has 0 radical (unpaired) electrons. The Morgan fingerprint density at radius 1 is 1.43 bits per heavy atom. The molecule has 0 aliphatic carbocycles. The fraction of sp³-hybridized carbons (Fsp3) is 0.588. The van der Waals surface area contributed by atoms with Crippen LogP contribution in [-0.4, -0.2) is 37.7 Å². The van der Waals surface area contributed by atoms with E-state index in [-0.39, 0.29) is 12.0 Å². The highest BCUT2D eigenvalue weighted by molar-refractivity contribution is 5.81. The van der Waals surface area contributed by atoms with Crippen molar-refractivity contribution < 1.29 is 9.53 Å². The lowest BCUT2D eigenvalue weighted by atomic mass is 9.99. The standard InChI is InChI=1S/C17H28N2O2/c1-7-19(15-10-8-9-14(4)11-15)12-17(5,16(20)21-6)18-13(2)3/h8-11,13,18H,7,12H2,1-6H3. The van der Waals surface area contributed by atoms with E-state index in [0.29, 0.717) is 6.54 Å². The summed E-state index contributed by atoms with van der Waals surface area (Å²) >= 11 is 0. The number of methoxy groups -OCH3 is 1. The molecule has 1 aromatic rings. The average Bonchev–Trinajstić information content (AvgIpc) is 2.43. The second-order valence-electron chi connectivity index (χ2n) is 5.98. The third-order valence-corrected chi connectivity index (χ3v) is 3.50. The zero-order valence-electron chi connectivity index (χ0n) is 14.1. The van der Waals surface area contributed by atoms with Crippen molar-refractivity contribution in [3.63, 3.8) is 0 Å². The molecule has 0 aromatic heterocycles. The van der Waals surface area contributed by atoms with E-state index in [1.54, 1.807) is 0 Å². The molecule has 0 bridgehead atoms. The maximum Gasteiger partial charge on any atom is 0.327 e. The number of hydrogen-bond acceptors (Lipinski definition) is 4. The number of nitrogens with zero attached hydrogens (tertiary/aromatic N) is 1. The number of carbonyl (C=O) groups is 1. The third kappa shape index (κ3) is 4.74. The minimum absolute atomic E-state index is 0.199. The van der Waals surface area contributed by atoms with Gasteiger partial charge in [0.1, 0.15) is 5.54 Å². The molecule has 4 nitrogen and oxygen atoms in total. The van der Waals surface area contributed by atoms with Crippen molar-refractivity contribution in [3.8, 4) is 0 Å². The molecule has 1 N–H and O–H groups in total. The minimum atomic E-state index is -0.733. The van der Waals surface area contributed by atoms with E-state index in [9.17, 15) is 4.79 Å². The summed E-state index contributed by atoms with van der Waals surface area (Å²) < 4.78 is 4.99. The SMILES string of the molecule is CCN(CC(C)(NC(C)C)C(=O)OC)c1cccc(C)c1. The van der Waals surface area contributed by atoms with E-state index < -0.39 is 5.54 Å². The van der Waals surface area contributed by atoms with Crippen LogP contribution in [0.25, 0.3) is 0 Å². The van der Waals surface area contributed by atoms with Crippen molar-refractivity contribution in [2.75, 3.05) is 25.1 Å². The Kier molecular flexibility index (Phi) is 6.21. The van der Waals surface area contributed by atoms with Crippen LogP contribution < -0.4 is 10.2 Å². The molecule has 21 heavy (non-hydrogen) atoms. The lowest BCUT2D eigenvalue weighted by Crippen LogP contribution is -2.59. The average molecular weight is 292 g/mol. The molecular formula is C17H28N2O2. The summed E-state index contributed by atoms with van der Waals surface area (Å²) in [5.41, 5.74) is 1.60. The Morgan fingerprint density at radius 3 is 2.57 bits per heavy atom. The summed E-state index contributed by atoms with van der Waals surface area (Å²) in [6, 6.07) is 8.52. The highest BCUT2D eigenvalue weighted by Gasteiger charge is 2.36. The molecule has 1 aromatic carbocycles. The number of esters is 1. The molecule has 4 heteroatoms. The summed E-state index contributed by atoms with van der Waals surface area (Å²) in [6.45, 7) is 11.5. The Labute approximate surface area is 128 Å². The van der Waals surface area contributed by atoms with Gasteiger partial charge in [0.25, 0.3) is 0 Å². The maximum atomic E-state index is 12.2. The fourth-order valence-electron chi connectivity index (χ4n) is 2.62. The van der Waals surface area contributed by atoms with Gasteiger partial charge in [-0.25, -0.2) is 4.79 Å². The van der Waals surface area contributed by atoms with Gasteiger partial charge in [0.2, 0.25) is 0 Å². The van der Waals surface area contributed by atoms with Crippen LogP contribution in [0.15, 0.2) is 24.3 Å². The first-order valence-corrected chi connectivity index (χ1v) is 7.50. The summed E-state index contributed by atoms with van der Waals surface area (Å²) in [5.74, 6) is -0.234. The molecule has 1 rings (SSSR count). The van der Waals surface area contributed by atoms with Gasteiger partial charge in [-0.1, -0.05) is 12.1 Å². The van der Waals surface area contributed by atoms with Gasteiger partial charge >= 0.3 is 5.97 Å². The second-order valence-corrected chi connectivity index (χ2v) is 5.98. The number of carbonyl (C=O) groups excluding carboxylic acids is 1.